The van der Waals surface area contributed by atoms with Gasteiger partial charge < -0.3 is 15.3 Å². The predicted octanol–water partition coefficient (Wildman–Crippen LogP) is 0.440. The second-order valence-electron chi connectivity index (χ2n) is 3.17. The Hall–Kier alpha value is 1.40. The van der Waals surface area contributed by atoms with Crippen LogP contribution in [0, 0.1) is 46.9 Å². The molecule has 0 fully saturated rings. The van der Waals surface area contributed by atoms with Crippen molar-refractivity contribution >= 4 is 0 Å². The molecule has 107 valence electrons. The van der Waals surface area contributed by atoms with Crippen molar-refractivity contribution in [3.63, 3.8) is 0 Å². The number of unbranched alkanes of at least 4 members (excludes halogenated alkanes) is 3. The zero-order chi connectivity index (χ0) is 12.4. The Morgan fingerprint density at radius 3 is 0.750 bits per heavy atom. The first-order valence-corrected chi connectivity index (χ1v) is 5.99. The molecule has 0 rings (SSSR count). The minimum atomic E-state index is 0. The van der Waals surface area contributed by atoms with Gasteiger partial charge in [-0.1, -0.05) is 59.3 Å². The molecule has 16 heavy (non-hydrogen) atoms. The average molecular weight is 392 g/mol. The summed E-state index contributed by atoms with van der Waals surface area (Å²) >= 11 is 0. The summed E-state index contributed by atoms with van der Waals surface area (Å²) < 4.78 is 0. The van der Waals surface area contributed by atoms with E-state index in [1.54, 1.807) is 0 Å². The van der Waals surface area contributed by atoms with Crippen LogP contribution >= 0.6 is 0 Å². The van der Waals surface area contributed by atoms with Crippen molar-refractivity contribution in [2.75, 3.05) is 19.8 Å². The van der Waals surface area contributed by atoms with Crippen molar-refractivity contribution in [1.29, 1.82) is 0 Å². The molecule has 0 aliphatic carbocycles. The Kier molecular flexibility index (Phi) is 58.6. The van der Waals surface area contributed by atoms with Gasteiger partial charge in [0, 0.05) is 0 Å². The molecule has 0 saturated heterocycles. The van der Waals surface area contributed by atoms with Crippen LogP contribution in [0.4, 0.5) is 0 Å². The summed E-state index contributed by atoms with van der Waals surface area (Å²) in [6.07, 6.45) is 5.59. The van der Waals surface area contributed by atoms with Crippen molar-refractivity contribution in [2.45, 2.75) is 59.3 Å². The Morgan fingerprint density at radius 2 is 0.750 bits per heavy atom. The fourth-order valence-electron chi connectivity index (χ4n) is 0.433. The fraction of sp³-hybridized carbons (Fsp3) is 1.00. The first-order valence-electron chi connectivity index (χ1n) is 5.99. The fourth-order valence-corrected chi connectivity index (χ4v) is 0.433. The zero-order valence-electron chi connectivity index (χ0n) is 10.9. The Labute approximate surface area is 140 Å². The van der Waals surface area contributed by atoms with E-state index in [0.717, 1.165) is 38.5 Å². The van der Waals surface area contributed by atoms with Gasteiger partial charge >= 0.3 is 46.9 Å². The van der Waals surface area contributed by atoms with Crippen molar-refractivity contribution in [3.8, 4) is 0 Å². The van der Waals surface area contributed by atoms with E-state index in [2.05, 4.69) is 0 Å². The molecule has 4 heteroatoms. The Balaban J connectivity index is -0.0000000655. The third kappa shape index (κ3) is 58.3. The maximum absolute atomic E-state index is 9.53. The van der Waals surface area contributed by atoms with Crippen LogP contribution in [0.1, 0.15) is 59.3 Å². The van der Waals surface area contributed by atoms with Gasteiger partial charge in [-0.15, -0.1) is 19.8 Å². The summed E-state index contributed by atoms with van der Waals surface area (Å²) in [6.45, 7) is 6.32. The Morgan fingerprint density at radius 1 is 0.562 bits per heavy atom. The Bertz CT molecular complexity index is 53.0. The van der Waals surface area contributed by atoms with E-state index in [4.69, 9.17) is 0 Å². The van der Waals surface area contributed by atoms with Crippen molar-refractivity contribution < 1.29 is 62.2 Å². The van der Waals surface area contributed by atoms with Gasteiger partial charge in [-0.25, -0.2) is 0 Å². The third-order valence-corrected chi connectivity index (χ3v) is 1.49. The van der Waals surface area contributed by atoms with Gasteiger partial charge in [0.25, 0.3) is 0 Å². The van der Waals surface area contributed by atoms with Crippen LogP contribution in [0.25, 0.3) is 0 Å². The molecule has 0 unspecified atom stereocenters. The van der Waals surface area contributed by atoms with Gasteiger partial charge in [0.2, 0.25) is 0 Å². The molecule has 0 amide bonds. The molecule has 0 saturated carbocycles. The molecule has 0 bridgehead atoms. The van der Waals surface area contributed by atoms with E-state index >= 15 is 0 Å². The molecule has 1 radical (unpaired) electrons. The van der Waals surface area contributed by atoms with Crippen LogP contribution in [-0.4, -0.2) is 19.8 Å². The topological polar surface area (TPSA) is 69.2 Å². The van der Waals surface area contributed by atoms with Crippen molar-refractivity contribution in [2.24, 2.45) is 0 Å². The van der Waals surface area contributed by atoms with Crippen molar-refractivity contribution in [3.05, 3.63) is 0 Å². The second-order valence-corrected chi connectivity index (χ2v) is 3.17. The second kappa shape index (κ2) is 36.0. The molecule has 0 aliphatic heterocycles. The largest absolute Gasteiger partial charge is 3.00 e. The quantitative estimate of drug-likeness (QED) is 0.659. The molecular formula is C12H27O3Yb. The summed E-state index contributed by atoms with van der Waals surface area (Å²) in [5.74, 6) is 0. The minimum absolute atomic E-state index is 0. The molecule has 0 atom stereocenters. The van der Waals surface area contributed by atoms with E-state index in [0.29, 0.717) is 0 Å². The van der Waals surface area contributed by atoms with E-state index in [1.165, 1.54) is 0 Å². The van der Waals surface area contributed by atoms with Gasteiger partial charge in [-0.3, -0.25) is 0 Å². The number of rotatable bonds is 6. The van der Waals surface area contributed by atoms with Gasteiger partial charge in [0.1, 0.15) is 0 Å². The molecule has 0 spiro atoms. The average Bonchev–Trinajstić information content (AvgIpc) is 2.23. The van der Waals surface area contributed by atoms with E-state index in [1.807, 2.05) is 20.8 Å². The van der Waals surface area contributed by atoms with E-state index in [-0.39, 0.29) is 66.7 Å². The number of hydrogen-bond donors (Lipinski definition) is 0. The zero-order valence-corrected chi connectivity index (χ0v) is 12.6. The van der Waals surface area contributed by atoms with Gasteiger partial charge in [0.15, 0.2) is 0 Å². The first kappa shape index (κ1) is 26.1. The summed E-state index contributed by atoms with van der Waals surface area (Å²) in [6, 6.07) is 0. The maximum Gasteiger partial charge on any atom is 3.00 e. The minimum Gasteiger partial charge on any atom is -0.854 e. The van der Waals surface area contributed by atoms with Crippen LogP contribution in [-0.2, 0) is 0 Å². The standard InChI is InChI=1S/3C4H9O.Yb/c3*1-2-3-4-5;/h3*2-4H2,1H3;/q3*-1;+3. The monoisotopic (exact) mass is 393 g/mol. The molecule has 0 aromatic heterocycles. The van der Waals surface area contributed by atoms with Crippen LogP contribution in [0.2, 0.25) is 0 Å². The smallest absolute Gasteiger partial charge is 0.854 e. The van der Waals surface area contributed by atoms with Gasteiger partial charge in [-0.05, 0) is 0 Å². The molecule has 0 heterocycles. The summed E-state index contributed by atoms with van der Waals surface area (Å²) in [5.41, 5.74) is 0. The van der Waals surface area contributed by atoms with Crippen LogP contribution in [0.3, 0.4) is 0 Å². The molecule has 0 aliphatic rings. The molecule has 3 nitrogen and oxygen atoms in total. The predicted molar refractivity (Wildman–Crippen MR) is 59.3 cm³/mol. The van der Waals surface area contributed by atoms with E-state index < -0.39 is 0 Å². The molecule has 0 N–H and O–H groups in total. The first-order chi connectivity index (χ1) is 7.24. The van der Waals surface area contributed by atoms with Crippen LogP contribution in [0.15, 0.2) is 0 Å². The summed E-state index contributed by atoms with van der Waals surface area (Å²) in [4.78, 5) is 0. The van der Waals surface area contributed by atoms with E-state index in [9.17, 15) is 15.3 Å². The maximum atomic E-state index is 9.53. The normalized spacial score (nSPS) is 7.88. The van der Waals surface area contributed by atoms with Crippen LogP contribution < -0.4 is 15.3 Å². The molecule has 0 aromatic carbocycles. The summed E-state index contributed by atoms with van der Waals surface area (Å²) in [7, 11) is 0. The molecule has 0 aromatic rings. The summed E-state index contributed by atoms with van der Waals surface area (Å²) in [5, 5.41) is 28.6. The molecular weight excluding hydrogens is 365 g/mol. The van der Waals surface area contributed by atoms with Gasteiger partial charge in [0.05, 0.1) is 0 Å². The van der Waals surface area contributed by atoms with Crippen LogP contribution in [0.5, 0.6) is 0 Å². The van der Waals surface area contributed by atoms with Gasteiger partial charge in [-0.2, -0.15) is 0 Å². The number of hydrogen-bond acceptors (Lipinski definition) is 3. The van der Waals surface area contributed by atoms with Crippen molar-refractivity contribution in [1.82, 2.24) is 0 Å². The SMILES string of the molecule is CCCC[O-].CCCC[O-].CCCC[O-].[Yb+3]. The third-order valence-electron chi connectivity index (χ3n) is 1.49.